The van der Waals surface area contributed by atoms with Gasteiger partial charge in [-0.2, -0.15) is 0 Å². The Bertz CT molecular complexity index is 829. The van der Waals surface area contributed by atoms with Gasteiger partial charge in [0.1, 0.15) is 17.6 Å². The van der Waals surface area contributed by atoms with Gasteiger partial charge in [-0.05, 0) is 54.2 Å². The molecule has 0 radical (unpaired) electrons. The molecule has 0 aliphatic rings. The summed E-state index contributed by atoms with van der Waals surface area (Å²) < 4.78 is 6.47. The van der Waals surface area contributed by atoms with Crippen LogP contribution in [0.2, 0.25) is 5.02 Å². The van der Waals surface area contributed by atoms with Crippen molar-refractivity contribution in [2.24, 2.45) is 5.73 Å². The minimum absolute atomic E-state index is 0.146. The van der Waals surface area contributed by atoms with E-state index in [-0.39, 0.29) is 17.6 Å². The zero-order valence-corrected chi connectivity index (χ0v) is 22.5. The van der Waals surface area contributed by atoms with Gasteiger partial charge in [0.2, 0.25) is 0 Å². The topological polar surface area (TPSA) is 55.5 Å². The lowest BCUT2D eigenvalue weighted by atomic mass is 9.86. The number of phenolic OH excluding ortho intramolecular Hbond substituents is 1. The van der Waals surface area contributed by atoms with Gasteiger partial charge in [-0.3, -0.25) is 0 Å². The fraction of sp³-hybridized carbons (Fsp3) is 0.600. The molecule has 0 aromatic heterocycles. The highest BCUT2D eigenvalue weighted by molar-refractivity contribution is 6.30. The van der Waals surface area contributed by atoms with Gasteiger partial charge in [0.05, 0.1) is 6.04 Å². The Labute approximate surface area is 213 Å². The molecule has 0 amide bonds. The lowest BCUT2D eigenvalue weighted by Crippen LogP contribution is -2.31. The molecule has 0 fully saturated rings. The van der Waals surface area contributed by atoms with Gasteiger partial charge in [0.15, 0.2) is 0 Å². The Morgan fingerprint density at radius 3 is 1.97 bits per heavy atom. The van der Waals surface area contributed by atoms with Crippen LogP contribution in [0.25, 0.3) is 0 Å². The monoisotopic (exact) mass is 487 g/mol. The van der Waals surface area contributed by atoms with E-state index in [1.807, 2.05) is 36.4 Å². The Hall–Kier alpha value is -1.71. The molecular formula is C30H46ClNO2. The SMILES string of the molecule is CCCCCCCCCCCCC(Oc1ccc(O)c(C(C)(C)C)c1)C(N)c1ccc(Cl)cc1. The third kappa shape index (κ3) is 9.88. The molecule has 2 atom stereocenters. The fourth-order valence-electron chi connectivity index (χ4n) is 4.41. The minimum Gasteiger partial charge on any atom is -0.508 e. The first-order chi connectivity index (χ1) is 16.2. The molecule has 2 unspecified atom stereocenters. The first-order valence-electron chi connectivity index (χ1n) is 13.2. The number of hydrogen-bond acceptors (Lipinski definition) is 3. The maximum absolute atomic E-state index is 10.3. The van der Waals surface area contributed by atoms with E-state index in [1.54, 1.807) is 6.07 Å². The molecule has 0 heterocycles. The Morgan fingerprint density at radius 2 is 1.41 bits per heavy atom. The number of phenols is 1. The summed E-state index contributed by atoms with van der Waals surface area (Å²) in [5, 5.41) is 11.0. The molecule has 3 nitrogen and oxygen atoms in total. The average molecular weight is 488 g/mol. The number of rotatable bonds is 15. The van der Waals surface area contributed by atoms with Gasteiger partial charge in [0, 0.05) is 10.6 Å². The highest BCUT2D eigenvalue weighted by atomic mass is 35.5. The number of benzene rings is 2. The number of unbranched alkanes of at least 4 members (excludes halogenated alkanes) is 9. The van der Waals surface area contributed by atoms with Crippen LogP contribution in [-0.4, -0.2) is 11.2 Å². The van der Waals surface area contributed by atoms with Crippen molar-refractivity contribution in [1.29, 1.82) is 0 Å². The predicted octanol–water partition coefficient (Wildman–Crippen LogP) is 9.10. The second kappa shape index (κ2) is 14.6. The molecule has 0 spiro atoms. The lowest BCUT2D eigenvalue weighted by molar-refractivity contribution is 0.157. The van der Waals surface area contributed by atoms with Gasteiger partial charge in [-0.15, -0.1) is 0 Å². The van der Waals surface area contributed by atoms with Crippen LogP contribution in [-0.2, 0) is 5.41 Å². The second-order valence-corrected chi connectivity index (χ2v) is 11.1. The van der Waals surface area contributed by atoms with E-state index in [2.05, 4.69) is 27.7 Å². The first kappa shape index (κ1) is 28.5. The van der Waals surface area contributed by atoms with Crippen molar-refractivity contribution in [2.75, 3.05) is 0 Å². The van der Waals surface area contributed by atoms with Crippen molar-refractivity contribution in [3.8, 4) is 11.5 Å². The number of hydrogen-bond donors (Lipinski definition) is 2. The zero-order valence-electron chi connectivity index (χ0n) is 21.8. The van der Waals surface area contributed by atoms with E-state index < -0.39 is 0 Å². The Morgan fingerprint density at radius 1 is 0.853 bits per heavy atom. The van der Waals surface area contributed by atoms with Crippen LogP contribution in [0, 0.1) is 0 Å². The summed E-state index contributed by atoms with van der Waals surface area (Å²) in [7, 11) is 0. The Kier molecular flexibility index (Phi) is 12.3. The molecule has 0 aliphatic heterocycles. The van der Waals surface area contributed by atoms with Crippen LogP contribution in [0.1, 0.15) is 115 Å². The third-order valence-electron chi connectivity index (χ3n) is 6.56. The molecule has 0 aliphatic carbocycles. The molecule has 0 bridgehead atoms. The molecule has 0 saturated carbocycles. The molecule has 34 heavy (non-hydrogen) atoms. The van der Waals surface area contributed by atoms with Gasteiger partial charge >= 0.3 is 0 Å². The minimum atomic E-state index is -0.247. The van der Waals surface area contributed by atoms with E-state index >= 15 is 0 Å². The van der Waals surface area contributed by atoms with Crippen LogP contribution in [0.3, 0.4) is 0 Å². The van der Waals surface area contributed by atoms with Crippen LogP contribution < -0.4 is 10.5 Å². The maximum atomic E-state index is 10.3. The van der Waals surface area contributed by atoms with Gasteiger partial charge in [-0.1, -0.05) is 109 Å². The van der Waals surface area contributed by atoms with E-state index in [0.29, 0.717) is 10.8 Å². The van der Waals surface area contributed by atoms with Crippen molar-refractivity contribution >= 4 is 11.6 Å². The van der Waals surface area contributed by atoms with Gasteiger partial charge in [-0.25, -0.2) is 0 Å². The summed E-state index contributed by atoms with van der Waals surface area (Å²) in [5.41, 5.74) is 8.42. The molecule has 2 aromatic rings. The summed E-state index contributed by atoms with van der Waals surface area (Å²) in [6.45, 7) is 8.53. The molecule has 0 saturated heterocycles. The first-order valence-corrected chi connectivity index (χ1v) is 13.6. The number of ether oxygens (including phenoxy) is 1. The van der Waals surface area contributed by atoms with Gasteiger partial charge in [0.25, 0.3) is 0 Å². The van der Waals surface area contributed by atoms with Crippen molar-refractivity contribution in [2.45, 2.75) is 116 Å². The normalized spacial score (nSPS) is 13.6. The molecule has 2 aromatic carbocycles. The largest absolute Gasteiger partial charge is 0.508 e. The quantitative estimate of drug-likeness (QED) is 0.246. The summed E-state index contributed by atoms with van der Waals surface area (Å²) in [6, 6.07) is 13.0. The molecule has 190 valence electrons. The molecule has 4 heteroatoms. The molecule has 3 N–H and O–H groups in total. The van der Waals surface area contributed by atoms with E-state index in [1.165, 1.54) is 57.8 Å². The fourth-order valence-corrected chi connectivity index (χ4v) is 4.53. The zero-order chi connectivity index (χ0) is 25.0. The second-order valence-electron chi connectivity index (χ2n) is 10.6. The summed E-state index contributed by atoms with van der Waals surface area (Å²) in [6.07, 6.45) is 13.8. The lowest BCUT2D eigenvalue weighted by Gasteiger charge is -2.27. The molecular weight excluding hydrogens is 442 g/mol. The smallest absolute Gasteiger partial charge is 0.120 e. The van der Waals surface area contributed by atoms with Crippen LogP contribution in [0.4, 0.5) is 0 Å². The van der Waals surface area contributed by atoms with Crippen molar-refractivity contribution < 1.29 is 9.84 Å². The standard InChI is InChI=1S/C30H46ClNO2/c1-5-6-7-8-9-10-11-12-13-14-15-28(29(32)23-16-18-24(31)19-17-23)34-25-20-21-27(33)26(22-25)30(2,3)4/h16-22,28-29,33H,5-15,32H2,1-4H3. The van der Waals surface area contributed by atoms with Crippen LogP contribution in [0.5, 0.6) is 11.5 Å². The highest BCUT2D eigenvalue weighted by Gasteiger charge is 2.23. The van der Waals surface area contributed by atoms with E-state index in [0.717, 1.165) is 29.7 Å². The number of aromatic hydroxyl groups is 1. The Balaban J connectivity index is 1.97. The number of halogens is 1. The van der Waals surface area contributed by atoms with Crippen LogP contribution >= 0.6 is 11.6 Å². The summed E-state index contributed by atoms with van der Waals surface area (Å²) >= 11 is 6.08. The van der Waals surface area contributed by atoms with Crippen molar-refractivity contribution in [1.82, 2.24) is 0 Å². The predicted molar refractivity (Wildman–Crippen MR) is 146 cm³/mol. The average Bonchev–Trinajstić information content (AvgIpc) is 2.80. The van der Waals surface area contributed by atoms with Crippen molar-refractivity contribution in [3.05, 3.63) is 58.6 Å². The maximum Gasteiger partial charge on any atom is 0.120 e. The van der Waals surface area contributed by atoms with E-state index in [9.17, 15) is 5.11 Å². The van der Waals surface area contributed by atoms with E-state index in [4.69, 9.17) is 22.1 Å². The highest BCUT2D eigenvalue weighted by Crippen LogP contribution is 2.35. The van der Waals surface area contributed by atoms with Crippen LogP contribution in [0.15, 0.2) is 42.5 Å². The third-order valence-corrected chi connectivity index (χ3v) is 6.81. The summed E-state index contributed by atoms with van der Waals surface area (Å²) in [5.74, 6) is 1.05. The molecule has 2 rings (SSSR count). The van der Waals surface area contributed by atoms with Gasteiger partial charge < -0.3 is 15.6 Å². The number of nitrogens with two attached hydrogens (primary N) is 1. The van der Waals surface area contributed by atoms with Crippen molar-refractivity contribution in [3.63, 3.8) is 0 Å². The summed E-state index contributed by atoms with van der Waals surface area (Å²) in [4.78, 5) is 0.